The number of piperazine rings is 1. The van der Waals surface area contributed by atoms with Crippen molar-refractivity contribution in [2.75, 3.05) is 32.8 Å². The Kier molecular flexibility index (Phi) is 10.3. The molecule has 0 bridgehead atoms. The average molecular weight is 628 g/mol. The van der Waals surface area contributed by atoms with E-state index in [4.69, 9.17) is 14.2 Å². The molecule has 2 fully saturated rings. The Morgan fingerprint density at radius 1 is 1.02 bits per heavy atom. The Balaban J connectivity index is 1.55. The topological polar surface area (TPSA) is 170 Å². The van der Waals surface area contributed by atoms with Crippen molar-refractivity contribution >= 4 is 29.8 Å². The first-order valence-electron chi connectivity index (χ1n) is 15.1. The van der Waals surface area contributed by atoms with Gasteiger partial charge in [-0.1, -0.05) is 18.2 Å². The van der Waals surface area contributed by atoms with Gasteiger partial charge < -0.3 is 34.4 Å². The van der Waals surface area contributed by atoms with Crippen LogP contribution in [0.4, 0.5) is 4.79 Å². The van der Waals surface area contributed by atoms with E-state index in [0.29, 0.717) is 24.9 Å². The number of hydrogen-bond donors (Lipinski definition) is 2. The highest BCUT2D eigenvalue weighted by Gasteiger charge is 2.48. The number of nitrogens with one attached hydrogen (secondary N) is 1. The molecule has 45 heavy (non-hydrogen) atoms. The van der Waals surface area contributed by atoms with Gasteiger partial charge in [-0.25, -0.2) is 14.3 Å². The fraction of sp³-hybridized carbons (Fsp3) is 0.548. The number of carbonyl (C=O) groups excluding carboxylic acids is 4. The summed E-state index contributed by atoms with van der Waals surface area (Å²) < 4.78 is 17.8. The number of carbonyl (C=O) groups is 5. The number of carboxylic acid groups (broad SMARTS) is 1. The van der Waals surface area contributed by atoms with Gasteiger partial charge >= 0.3 is 18.0 Å². The van der Waals surface area contributed by atoms with E-state index in [9.17, 15) is 29.1 Å². The van der Waals surface area contributed by atoms with Crippen LogP contribution in [0.25, 0.3) is 5.69 Å². The van der Waals surface area contributed by atoms with Gasteiger partial charge in [0.05, 0.1) is 12.3 Å². The summed E-state index contributed by atoms with van der Waals surface area (Å²) in [6.45, 7) is 8.10. The Morgan fingerprint density at radius 3 is 2.22 bits per heavy atom. The largest absolute Gasteiger partial charge is 0.478 e. The minimum atomic E-state index is -1.42. The van der Waals surface area contributed by atoms with Crippen molar-refractivity contribution in [3.8, 4) is 11.6 Å². The molecule has 0 unspecified atom stereocenters. The summed E-state index contributed by atoms with van der Waals surface area (Å²) in [6.07, 6.45) is 0.683. The number of aromatic nitrogens is 2. The maximum Gasteiger partial charge on any atom is 0.409 e. The molecule has 1 saturated carbocycles. The van der Waals surface area contributed by atoms with E-state index in [-0.39, 0.29) is 57.2 Å². The summed E-state index contributed by atoms with van der Waals surface area (Å²) in [5.41, 5.74) is -1.70. The predicted molar refractivity (Wildman–Crippen MR) is 160 cm³/mol. The van der Waals surface area contributed by atoms with Crippen molar-refractivity contribution in [3.63, 3.8) is 0 Å². The molecule has 1 aromatic carbocycles. The zero-order valence-electron chi connectivity index (χ0n) is 26.1. The molecule has 14 nitrogen and oxygen atoms in total. The molecule has 2 heterocycles. The molecule has 0 radical (unpaired) electrons. The molecule has 1 aromatic heterocycles. The molecule has 4 rings (SSSR count). The van der Waals surface area contributed by atoms with Crippen LogP contribution in [0.5, 0.6) is 5.88 Å². The standard InChI is InChI=1S/C31H41N5O9/c1-5-43-29(42)35-18-16-34(17-19-35)27(39)22(12-13-25(37)45-30(2,3)4)32-26(38)23-20-24(44-31(28(40)41)14-9-15-31)36(33-23)21-10-7-6-8-11-21/h6-8,10-11,20,22H,5,9,12-19H2,1-4H3,(H,32,38)(H,40,41)/t22-/m0/s1. The Labute approximate surface area is 261 Å². The Bertz CT molecular complexity index is 1390. The highest BCUT2D eigenvalue weighted by atomic mass is 16.6. The predicted octanol–water partition coefficient (Wildman–Crippen LogP) is 2.78. The number of esters is 1. The van der Waals surface area contributed by atoms with Crippen molar-refractivity contribution in [1.82, 2.24) is 24.9 Å². The fourth-order valence-electron chi connectivity index (χ4n) is 5.05. The van der Waals surface area contributed by atoms with Crippen LogP contribution in [0.1, 0.15) is 70.3 Å². The third-order valence-corrected chi connectivity index (χ3v) is 7.54. The smallest absolute Gasteiger partial charge is 0.409 e. The molecule has 1 aliphatic heterocycles. The maximum atomic E-state index is 13.7. The first-order valence-corrected chi connectivity index (χ1v) is 15.1. The number of nitrogens with zero attached hydrogens (tertiary/aromatic N) is 4. The lowest BCUT2D eigenvalue weighted by Crippen LogP contribution is -2.56. The van der Waals surface area contributed by atoms with Gasteiger partial charge in [-0.3, -0.25) is 14.4 Å². The highest BCUT2D eigenvalue weighted by Crippen LogP contribution is 2.38. The lowest BCUT2D eigenvalue weighted by atomic mass is 9.80. The van der Waals surface area contributed by atoms with Crippen LogP contribution in [-0.2, 0) is 23.9 Å². The molecule has 0 spiro atoms. The van der Waals surface area contributed by atoms with Gasteiger partial charge in [-0.2, -0.15) is 5.10 Å². The van der Waals surface area contributed by atoms with Gasteiger partial charge in [0.15, 0.2) is 5.69 Å². The number of benzene rings is 1. The first-order chi connectivity index (χ1) is 21.3. The summed E-state index contributed by atoms with van der Waals surface area (Å²) in [5.74, 6) is -2.68. The van der Waals surface area contributed by atoms with Crippen molar-refractivity contribution in [2.24, 2.45) is 0 Å². The maximum absolute atomic E-state index is 13.7. The molecule has 2 aromatic rings. The number of para-hydroxylation sites is 1. The summed E-state index contributed by atoms with van der Waals surface area (Å²) in [4.78, 5) is 67.0. The van der Waals surface area contributed by atoms with Gasteiger partial charge in [0.25, 0.3) is 5.91 Å². The summed E-state index contributed by atoms with van der Waals surface area (Å²) in [5, 5.41) is 17.0. The minimum absolute atomic E-state index is 0.0392. The van der Waals surface area contributed by atoms with E-state index < -0.39 is 47.1 Å². The van der Waals surface area contributed by atoms with E-state index in [1.54, 1.807) is 58.0 Å². The molecule has 244 valence electrons. The molecule has 14 heteroatoms. The highest BCUT2D eigenvalue weighted by molar-refractivity contribution is 5.96. The third kappa shape index (κ3) is 8.31. The quantitative estimate of drug-likeness (QED) is 0.353. The molecule has 2 aliphatic rings. The summed E-state index contributed by atoms with van der Waals surface area (Å²) in [6, 6.07) is 9.05. The molecular weight excluding hydrogens is 586 g/mol. The van der Waals surface area contributed by atoms with Gasteiger partial charge in [-0.15, -0.1) is 0 Å². The molecule has 3 amide bonds. The number of hydrogen-bond acceptors (Lipinski definition) is 9. The molecule has 2 N–H and O–H groups in total. The second kappa shape index (κ2) is 14.0. The third-order valence-electron chi connectivity index (χ3n) is 7.54. The number of ether oxygens (including phenoxy) is 3. The monoisotopic (exact) mass is 627 g/mol. The van der Waals surface area contributed by atoms with E-state index in [1.165, 1.54) is 20.5 Å². The lowest BCUT2D eigenvalue weighted by molar-refractivity contribution is -0.163. The van der Waals surface area contributed by atoms with E-state index in [2.05, 4.69) is 10.4 Å². The lowest BCUT2D eigenvalue weighted by Gasteiger charge is -2.37. The van der Waals surface area contributed by atoms with E-state index in [0.717, 1.165) is 0 Å². The second-order valence-corrected chi connectivity index (χ2v) is 12.0. The molecule has 1 aliphatic carbocycles. The van der Waals surface area contributed by atoms with Crippen molar-refractivity contribution in [2.45, 2.75) is 77.0 Å². The van der Waals surface area contributed by atoms with Crippen LogP contribution >= 0.6 is 0 Å². The van der Waals surface area contributed by atoms with Crippen LogP contribution in [0.2, 0.25) is 0 Å². The number of aliphatic carboxylic acids is 1. The van der Waals surface area contributed by atoms with Gasteiger partial charge in [-0.05, 0) is 65.5 Å². The number of rotatable bonds is 11. The molecule has 1 atom stereocenters. The normalized spacial score (nSPS) is 16.6. The van der Waals surface area contributed by atoms with E-state index >= 15 is 0 Å². The SMILES string of the molecule is CCOC(=O)N1CCN(C(=O)[C@H](CCC(=O)OC(C)(C)C)NC(=O)c2cc(OC3(C(=O)O)CCC3)n(-c3ccccc3)n2)CC1. The second-order valence-electron chi connectivity index (χ2n) is 12.0. The van der Waals surface area contributed by atoms with Crippen molar-refractivity contribution in [3.05, 3.63) is 42.1 Å². The van der Waals surface area contributed by atoms with Gasteiger partial charge in [0.1, 0.15) is 11.6 Å². The zero-order chi connectivity index (χ0) is 32.8. The van der Waals surface area contributed by atoms with Crippen LogP contribution in [0, 0.1) is 0 Å². The zero-order valence-corrected chi connectivity index (χ0v) is 26.1. The Hall–Kier alpha value is -4.62. The minimum Gasteiger partial charge on any atom is -0.478 e. The van der Waals surface area contributed by atoms with E-state index in [1.807, 2.05) is 0 Å². The average Bonchev–Trinajstić information content (AvgIpc) is 3.40. The summed E-state index contributed by atoms with van der Waals surface area (Å²) in [7, 11) is 0. The Morgan fingerprint density at radius 2 is 1.67 bits per heavy atom. The number of amides is 3. The van der Waals surface area contributed by atoms with Crippen molar-refractivity contribution in [1.29, 1.82) is 0 Å². The first kappa shape index (κ1) is 33.3. The van der Waals surface area contributed by atoms with Crippen LogP contribution in [0.3, 0.4) is 0 Å². The van der Waals surface area contributed by atoms with Gasteiger partial charge in [0, 0.05) is 38.7 Å². The van der Waals surface area contributed by atoms with Crippen LogP contribution in [0.15, 0.2) is 36.4 Å². The van der Waals surface area contributed by atoms with Gasteiger partial charge in [0.2, 0.25) is 17.4 Å². The molecular formula is C31H41N5O9. The fourth-order valence-corrected chi connectivity index (χ4v) is 5.05. The van der Waals surface area contributed by atoms with Crippen LogP contribution in [-0.4, -0.2) is 105 Å². The number of carboxylic acids is 1. The van der Waals surface area contributed by atoms with Crippen molar-refractivity contribution < 1.29 is 43.3 Å². The summed E-state index contributed by atoms with van der Waals surface area (Å²) >= 11 is 0. The molecule has 1 saturated heterocycles. The van der Waals surface area contributed by atoms with Crippen LogP contribution < -0.4 is 10.1 Å².